The summed E-state index contributed by atoms with van der Waals surface area (Å²) < 4.78 is 19.7. The Labute approximate surface area is 193 Å². The molecule has 2 aromatic heterocycles. The molecule has 0 fully saturated rings. The largest absolute Gasteiger partial charge is 0.450 e. The number of aromatic nitrogens is 2. The normalized spacial score (nSPS) is 15.6. The molecular weight excluding hydrogens is 441 g/mol. The SMILES string of the molecule is Cc1cc2oc3c(c(=O)c2cc1C)[C@H](c1ccc(F)cc1)N(c1nnc(CC(C)C)s1)C3=O. The Bertz CT molecular complexity index is 1460. The zero-order chi connectivity index (χ0) is 23.4. The molecule has 0 unspecified atom stereocenters. The zero-order valence-electron chi connectivity index (χ0n) is 18.7. The molecule has 0 bridgehead atoms. The van der Waals surface area contributed by atoms with Gasteiger partial charge in [0.25, 0.3) is 5.91 Å². The first kappa shape index (κ1) is 21.5. The third-order valence-corrected chi connectivity index (χ3v) is 6.86. The van der Waals surface area contributed by atoms with Gasteiger partial charge in [0.05, 0.1) is 17.0 Å². The molecule has 0 radical (unpaired) electrons. The molecule has 3 heterocycles. The van der Waals surface area contributed by atoms with E-state index in [1.165, 1.54) is 28.4 Å². The Morgan fingerprint density at radius 3 is 2.48 bits per heavy atom. The smallest absolute Gasteiger partial charge is 0.297 e. The number of fused-ring (bicyclic) bond motifs is 2. The van der Waals surface area contributed by atoms with Crippen LogP contribution in [0.5, 0.6) is 0 Å². The fourth-order valence-corrected chi connectivity index (χ4v) is 5.24. The Kier molecular flexibility index (Phi) is 5.12. The molecule has 1 amide bonds. The van der Waals surface area contributed by atoms with Crippen LogP contribution < -0.4 is 10.3 Å². The number of nitrogens with zero attached hydrogens (tertiary/aromatic N) is 3. The van der Waals surface area contributed by atoms with Crippen molar-refractivity contribution in [1.29, 1.82) is 0 Å². The number of aryl methyl sites for hydroxylation is 2. The lowest BCUT2D eigenvalue weighted by molar-refractivity contribution is 0.0970. The van der Waals surface area contributed by atoms with Crippen molar-refractivity contribution in [3.63, 3.8) is 0 Å². The van der Waals surface area contributed by atoms with Crippen molar-refractivity contribution in [2.45, 2.75) is 40.2 Å². The van der Waals surface area contributed by atoms with E-state index in [1.807, 2.05) is 13.8 Å². The summed E-state index contributed by atoms with van der Waals surface area (Å²) in [7, 11) is 0. The lowest BCUT2D eigenvalue weighted by atomic mass is 9.97. The highest BCUT2D eigenvalue weighted by Crippen LogP contribution is 2.42. The molecule has 0 aliphatic carbocycles. The lowest BCUT2D eigenvalue weighted by Crippen LogP contribution is -2.29. The Morgan fingerprint density at radius 1 is 1.09 bits per heavy atom. The highest BCUT2D eigenvalue weighted by molar-refractivity contribution is 7.15. The Balaban J connectivity index is 1.75. The van der Waals surface area contributed by atoms with E-state index in [2.05, 4.69) is 24.0 Å². The molecule has 0 saturated heterocycles. The molecule has 1 aliphatic rings. The van der Waals surface area contributed by atoms with Crippen LogP contribution in [0.4, 0.5) is 9.52 Å². The standard InChI is InChI=1S/C25H22FN3O3S/c1-12(2)9-19-27-28-25(33-19)29-21(15-5-7-16(26)8-6-15)20-22(30)17-10-13(3)14(4)11-18(17)32-23(20)24(29)31/h5-8,10-12,21H,9H2,1-4H3/t21-/m0/s1. The minimum Gasteiger partial charge on any atom is -0.450 e. The molecule has 2 aromatic carbocycles. The molecule has 8 heteroatoms. The summed E-state index contributed by atoms with van der Waals surface area (Å²) in [6.45, 7) is 8.01. The Hall–Kier alpha value is -3.39. The number of hydrogen-bond acceptors (Lipinski definition) is 6. The van der Waals surface area contributed by atoms with E-state index in [1.54, 1.807) is 24.3 Å². The van der Waals surface area contributed by atoms with E-state index >= 15 is 0 Å². The molecule has 168 valence electrons. The average Bonchev–Trinajstić information content (AvgIpc) is 3.32. The van der Waals surface area contributed by atoms with Crippen molar-refractivity contribution in [2.24, 2.45) is 5.92 Å². The van der Waals surface area contributed by atoms with Crippen LogP contribution in [-0.4, -0.2) is 16.1 Å². The van der Waals surface area contributed by atoms with Crippen molar-refractivity contribution >= 4 is 33.3 Å². The minimum absolute atomic E-state index is 0.00862. The van der Waals surface area contributed by atoms with E-state index in [4.69, 9.17) is 4.42 Å². The van der Waals surface area contributed by atoms with Gasteiger partial charge in [-0.1, -0.05) is 37.3 Å². The molecular formula is C25H22FN3O3S. The second-order valence-corrected chi connectivity index (χ2v) is 9.85. The Morgan fingerprint density at radius 2 is 1.79 bits per heavy atom. The fraction of sp³-hybridized carbons (Fsp3) is 0.280. The van der Waals surface area contributed by atoms with Gasteiger partial charge >= 0.3 is 0 Å². The first-order valence-electron chi connectivity index (χ1n) is 10.7. The van der Waals surface area contributed by atoms with E-state index < -0.39 is 17.8 Å². The number of rotatable bonds is 4. The van der Waals surface area contributed by atoms with Crippen molar-refractivity contribution < 1.29 is 13.6 Å². The lowest BCUT2D eigenvalue weighted by Gasteiger charge is -2.22. The van der Waals surface area contributed by atoms with Gasteiger partial charge in [-0.25, -0.2) is 4.39 Å². The maximum Gasteiger partial charge on any atom is 0.297 e. The molecule has 1 aliphatic heterocycles. The van der Waals surface area contributed by atoms with Gasteiger partial charge in [0.2, 0.25) is 10.9 Å². The summed E-state index contributed by atoms with van der Waals surface area (Å²) >= 11 is 1.31. The van der Waals surface area contributed by atoms with Gasteiger partial charge in [0.1, 0.15) is 16.4 Å². The maximum atomic E-state index is 13.7. The number of hydrogen-bond donors (Lipinski definition) is 0. The van der Waals surface area contributed by atoms with Crippen LogP contribution in [0.25, 0.3) is 11.0 Å². The maximum absolute atomic E-state index is 13.7. The summed E-state index contributed by atoms with van der Waals surface area (Å²) in [5.74, 6) is -0.485. The predicted octanol–water partition coefficient (Wildman–Crippen LogP) is 5.35. The first-order valence-corrected chi connectivity index (χ1v) is 11.6. The van der Waals surface area contributed by atoms with Crippen LogP contribution >= 0.6 is 11.3 Å². The van der Waals surface area contributed by atoms with Crippen molar-refractivity contribution in [2.75, 3.05) is 4.90 Å². The van der Waals surface area contributed by atoms with Gasteiger partial charge in [-0.15, -0.1) is 10.2 Å². The highest BCUT2D eigenvalue weighted by atomic mass is 32.1. The predicted molar refractivity (Wildman–Crippen MR) is 125 cm³/mol. The molecule has 33 heavy (non-hydrogen) atoms. The molecule has 0 N–H and O–H groups in total. The average molecular weight is 464 g/mol. The summed E-state index contributed by atoms with van der Waals surface area (Å²) in [6, 6.07) is 8.57. The number of benzene rings is 2. The summed E-state index contributed by atoms with van der Waals surface area (Å²) in [6.07, 6.45) is 0.730. The monoisotopic (exact) mass is 463 g/mol. The van der Waals surface area contributed by atoms with Crippen LogP contribution in [0.1, 0.15) is 57.7 Å². The third kappa shape index (κ3) is 3.54. The molecule has 0 spiro atoms. The van der Waals surface area contributed by atoms with Crippen LogP contribution in [0.3, 0.4) is 0 Å². The van der Waals surface area contributed by atoms with Crippen LogP contribution in [0, 0.1) is 25.6 Å². The zero-order valence-corrected chi connectivity index (χ0v) is 19.5. The van der Waals surface area contributed by atoms with Crippen molar-refractivity contribution in [3.8, 4) is 0 Å². The van der Waals surface area contributed by atoms with Crippen LogP contribution in [0.15, 0.2) is 45.6 Å². The van der Waals surface area contributed by atoms with Gasteiger partial charge < -0.3 is 4.42 Å². The van der Waals surface area contributed by atoms with Gasteiger partial charge in [-0.05, 0) is 60.7 Å². The molecule has 1 atom stereocenters. The van der Waals surface area contributed by atoms with Crippen LogP contribution in [-0.2, 0) is 6.42 Å². The second kappa shape index (κ2) is 7.88. The van der Waals surface area contributed by atoms with Gasteiger partial charge in [0.15, 0.2) is 5.43 Å². The number of anilines is 1. The molecule has 6 nitrogen and oxygen atoms in total. The minimum atomic E-state index is -0.782. The first-order chi connectivity index (χ1) is 15.7. The summed E-state index contributed by atoms with van der Waals surface area (Å²) in [5, 5.41) is 10.1. The van der Waals surface area contributed by atoms with Crippen molar-refractivity contribution in [3.05, 3.63) is 85.5 Å². The van der Waals surface area contributed by atoms with Crippen LogP contribution in [0.2, 0.25) is 0 Å². The molecule has 4 aromatic rings. The number of amides is 1. The van der Waals surface area contributed by atoms with E-state index in [9.17, 15) is 14.0 Å². The highest BCUT2D eigenvalue weighted by Gasteiger charge is 2.45. The van der Waals surface area contributed by atoms with E-state index in [0.29, 0.717) is 27.6 Å². The third-order valence-electron chi connectivity index (χ3n) is 5.92. The van der Waals surface area contributed by atoms with Gasteiger partial charge in [0, 0.05) is 6.42 Å². The topological polar surface area (TPSA) is 76.3 Å². The fourth-order valence-electron chi connectivity index (χ4n) is 4.16. The molecule has 0 saturated carbocycles. The van der Waals surface area contributed by atoms with E-state index in [-0.39, 0.29) is 16.8 Å². The number of carbonyl (C=O) groups is 1. The van der Waals surface area contributed by atoms with Gasteiger partial charge in [-0.3, -0.25) is 14.5 Å². The van der Waals surface area contributed by atoms with Gasteiger partial charge in [-0.2, -0.15) is 0 Å². The quantitative estimate of drug-likeness (QED) is 0.408. The summed E-state index contributed by atoms with van der Waals surface area (Å²) in [4.78, 5) is 28.7. The molecule has 5 rings (SSSR count). The van der Waals surface area contributed by atoms with E-state index in [0.717, 1.165) is 22.6 Å². The summed E-state index contributed by atoms with van der Waals surface area (Å²) in [5.41, 5.74) is 2.85. The number of carbonyl (C=O) groups excluding carboxylic acids is 1. The number of halogens is 1. The van der Waals surface area contributed by atoms with Crippen molar-refractivity contribution in [1.82, 2.24) is 10.2 Å². The second-order valence-electron chi connectivity index (χ2n) is 8.81.